The van der Waals surface area contributed by atoms with Crippen LogP contribution in [0.15, 0.2) is 36.4 Å². The number of fused-ring (bicyclic) bond motifs is 2. The quantitative estimate of drug-likeness (QED) is 0.322. The normalized spacial score (nSPS) is 32.5. The highest BCUT2D eigenvalue weighted by atomic mass is 19.1. The van der Waals surface area contributed by atoms with E-state index in [1.165, 1.54) is 0 Å². The molecule has 3 aromatic carbocycles. The molecule has 4 bridgehead atoms. The van der Waals surface area contributed by atoms with Gasteiger partial charge in [0.2, 0.25) is 0 Å². The molecule has 6 aliphatic heterocycles. The molecule has 6 atom stereocenters. The zero-order chi connectivity index (χ0) is 30.2. The standard InChI is InChI=1S/C35H35F2N5O3/c1-2-18-5-3-6-19-9-22(43)11-23(27(18)19)24-12-26-28-30(29(24)37)39-33(45-16-34-7-4-8-41(34)14-20(36)13-34)40-32(28)42-15-21-10-25-31(38-21)35(25,42)17-44-26/h3,5-6,9,11-12,20-21,25,31,38,43H,2,4,7-8,10,13-17H2,1H3/t20-,21+,25-,31?,34-,35+/m0/s1. The Balaban J connectivity index is 1.17. The Kier molecular flexibility index (Phi) is 5.26. The summed E-state index contributed by atoms with van der Waals surface area (Å²) in [6, 6.07) is 11.8. The first-order valence-electron chi connectivity index (χ1n) is 16.4. The van der Waals surface area contributed by atoms with Gasteiger partial charge in [-0.15, -0.1) is 0 Å². The third-order valence-electron chi connectivity index (χ3n) is 11.8. The number of nitrogens with zero attached hydrogens (tertiary/aromatic N) is 4. The van der Waals surface area contributed by atoms with E-state index in [0.29, 0.717) is 65.7 Å². The number of rotatable bonds is 5. The van der Waals surface area contributed by atoms with E-state index >= 15 is 4.39 Å². The van der Waals surface area contributed by atoms with Crippen molar-refractivity contribution in [2.45, 2.75) is 68.4 Å². The molecule has 5 saturated heterocycles. The summed E-state index contributed by atoms with van der Waals surface area (Å²) in [5.74, 6) is 1.19. The molecule has 1 saturated carbocycles. The van der Waals surface area contributed by atoms with Gasteiger partial charge in [0.05, 0.1) is 16.5 Å². The van der Waals surface area contributed by atoms with Crippen LogP contribution >= 0.6 is 0 Å². The summed E-state index contributed by atoms with van der Waals surface area (Å²) in [6.07, 6.45) is 3.27. The van der Waals surface area contributed by atoms with E-state index in [9.17, 15) is 9.50 Å². The Morgan fingerprint density at radius 3 is 2.91 bits per heavy atom. The number of benzene rings is 3. The fourth-order valence-electron chi connectivity index (χ4n) is 9.79. The Hall–Kier alpha value is -3.76. The molecule has 232 valence electrons. The minimum absolute atomic E-state index is 0.0650. The van der Waals surface area contributed by atoms with Crippen molar-refractivity contribution in [3.05, 3.63) is 47.8 Å². The van der Waals surface area contributed by atoms with Gasteiger partial charge in [-0.1, -0.05) is 25.1 Å². The molecule has 6 fully saturated rings. The summed E-state index contributed by atoms with van der Waals surface area (Å²) in [5, 5.41) is 16.8. The second-order valence-electron chi connectivity index (χ2n) is 14.1. The average Bonchev–Trinajstić information content (AvgIpc) is 3.27. The summed E-state index contributed by atoms with van der Waals surface area (Å²) in [6.45, 7) is 4.84. The van der Waals surface area contributed by atoms with Crippen molar-refractivity contribution in [2.75, 3.05) is 37.7 Å². The SMILES string of the molecule is CCc1cccc2cc(O)cc(-c3cc4c5c(nc(OC[C@@]67CCCN6C[C@@H](F)C7)nc5c3F)N3C[C@H]5C[C@H]6C(N5)[C@@]63CO4)c12. The summed E-state index contributed by atoms with van der Waals surface area (Å²) in [4.78, 5) is 14.3. The van der Waals surface area contributed by atoms with Crippen LogP contribution < -0.4 is 19.7 Å². The van der Waals surface area contributed by atoms with E-state index in [0.717, 1.165) is 55.1 Å². The molecule has 2 N–H and O–H groups in total. The van der Waals surface area contributed by atoms with Crippen LogP contribution in [0, 0.1) is 11.7 Å². The highest BCUT2D eigenvalue weighted by molar-refractivity contribution is 6.05. The maximum absolute atomic E-state index is 17.1. The van der Waals surface area contributed by atoms with Crippen molar-refractivity contribution in [3.63, 3.8) is 0 Å². The largest absolute Gasteiger partial charge is 0.508 e. The lowest BCUT2D eigenvalue weighted by Gasteiger charge is -2.42. The topological polar surface area (TPSA) is 83.0 Å². The number of aromatic nitrogens is 2. The monoisotopic (exact) mass is 611 g/mol. The van der Waals surface area contributed by atoms with Crippen molar-refractivity contribution in [1.29, 1.82) is 0 Å². The lowest BCUT2D eigenvalue weighted by atomic mass is 9.92. The molecule has 45 heavy (non-hydrogen) atoms. The third kappa shape index (κ3) is 3.47. The van der Waals surface area contributed by atoms with E-state index in [2.05, 4.69) is 22.0 Å². The molecule has 11 rings (SSSR count). The Labute approximate surface area is 259 Å². The van der Waals surface area contributed by atoms with Crippen LogP contribution in [0.3, 0.4) is 0 Å². The molecule has 7 aliphatic rings. The predicted molar refractivity (Wildman–Crippen MR) is 166 cm³/mol. The van der Waals surface area contributed by atoms with Gasteiger partial charge in [-0.05, 0) is 72.3 Å². The van der Waals surface area contributed by atoms with E-state index in [1.807, 2.05) is 18.2 Å². The van der Waals surface area contributed by atoms with E-state index in [4.69, 9.17) is 19.4 Å². The number of piperazine rings is 1. The van der Waals surface area contributed by atoms with Gasteiger partial charge in [-0.25, -0.2) is 8.78 Å². The number of hydrogen-bond acceptors (Lipinski definition) is 8. The Morgan fingerprint density at radius 1 is 1.16 bits per heavy atom. The van der Waals surface area contributed by atoms with Crippen molar-refractivity contribution in [2.24, 2.45) is 5.92 Å². The number of anilines is 1. The van der Waals surface area contributed by atoms with Gasteiger partial charge in [0.25, 0.3) is 0 Å². The molecular formula is C35H35F2N5O3. The van der Waals surface area contributed by atoms with Gasteiger partial charge in [-0.2, -0.15) is 9.97 Å². The van der Waals surface area contributed by atoms with E-state index < -0.39 is 12.0 Å². The van der Waals surface area contributed by atoms with Crippen molar-refractivity contribution in [3.8, 4) is 28.6 Å². The lowest BCUT2D eigenvalue weighted by Crippen LogP contribution is -2.60. The number of aromatic hydroxyl groups is 1. The summed E-state index contributed by atoms with van der Waals surface area (Å²) < 4.78 is 44.7. The first-order chi connectivity index (χ1) is 21.9. The molecule has 10 heteroatoms. The molecular weight excluding hydrogens is 576 g/mol. The Bertz CT molecular complexity index is 1930. The number of hydrogen-bond donors (Lipinski definition) is 2. The van der Waals surface area contributed by atoms with Gasteiger partial charge in [0, 0.05) is 43.1 Å². The minimum Gasteiger partial charge on any atom is -0.508 e. The zero-order valence-electron chi connectivity index (χ0n) is 25.2. The molecule has 1 aromatic heterocycles. The predicted octanol–water partition coefficient (Wildman–Crippen LogP) is 5.12. The molecule has 7 heterocycles. The van der Waals surface area contributed by atoms with Gasteiger partial charge in [0.1, 0.15) is 42.2 Å². The molecule has 1 unspecified atom stereocenters. The van der Waals surface area contributed by atoms with Crippen LogP contribution in [-0.2, 0) is 6.42 Å². The maximum Gasteiger partial charge on any atom is 0.319 e. The Morgan fingerprint density at radius 2 is 2.07 bits per heavy atom. The summed E-state index contributed by atoms with van der Waals surface area (Å²) >= 11 is 0. The van der Waals surface area contributed by atoms with E-state index in [-0.39, 0.29) is 35.0 Å². The smallest absolute Gasteiger partial charge is 0.319 e. The zero-order valence-corrected chi connectivity index (χ0v) is 25.2. The molecule has 8 nitrogen and oxygen atoms in total. The molecule has 4 aromatic rings. The number of halogens is 2. The second-order valence-corrected chi connectivity index (χ2v) is 14.1. The maximum atomic E-state index is 17.1. The number of piperidine rings is 2. The van der Waals surface area contributed by atoms with Gasteiger partial charge in [0.15, 0.2) is 5.82 Å². The third-order valence-corrected chi connectivity index (χ3v) is 11.8. The molecule has 1 aliphatic carbocycles. The van der Waals surface area contributed by atoms with Gasteiger partial charge in [-0.3, -0.25) is 4.90 Å². The van der Waals surface area contributed by atoms with Gasteiger partial charge < -0.3 is 24.8 Å². The average molecular weight is 612 g/mol. The fraction of sp³-hybridized carbons (Fsp3) is 0.486. The van der Waals surface area contributed by atoms with Crippen molar-refractivity contribution < 1.29 is 23.4 Å². The number of ether oxygens (including phenoxy) is 2. The van der Waals surface area contributed by atoms with Crippen LogP contribution in [0.25, 0.3) is 32.8 Å². The van der Waals surface area contributed by atoms with Crippen LogP contribution in [0.4, 0.5) is 14.6 Å². The molecule has 0 radical (unpaired) electrons. The number of phenolic OH excluding ortho intramolecular Hbond substituents is 1. The van der Waals surface area contributed by atoms with Crippen LogP contribution in [0.1, 0.15) is 38.2 Å². The first kappa shape index (κ1) is 26.5. The summed E-state index contributed by atoms with van der Waals surface area (Å²) in [5.41, 5.74) is 1.50. The number of nitrogens with one attached hydrogen (secondary N) is 1. The first-order valence-corrected chi connectivity index (χ1v) is 16.4. The highest BCUT2D eigenvalue weighted by Crippen LogP contribution is 2.62. The highest BCUT2D eigenvalue weighted by Gasteiger charge is 2.76. The summed E-state index contributed by atoms with van der Waals surface area (Å²) in [7, 11) is 0. The van der Waals surface area contributed by atoms with Gasteiger partial charge >= 0.3 is 6.01 Å². The molecule has 0 amide bonds. The van der Waals surface area contributed by atoms with Crippen LogP contribution in [0.2, 0.25) is 0 Å². The minimum atomic E-state index is -0.875. The number of aryl methyl sites for hydroxylation is 1. The molecule has 1 spiro atoms. The van der Waals surface area contributed by atoms with Crippen molar-refractivity contribution in [1.82, 2.24) is 20.2 Å². The lowest BCUT2D eigenvalue weighted by molar-refractivity contribution is 0.107. The second kappa shape index (κ2) is 8.94. The number of phenols is 1. The van der Waals surface area contributed by atoms with E-state index in [1.54, 1.807) is 18.2 Å². The fourth-order valence-corrected chi connectivity index (χ4v) is 9.79. The van der Waals surface area contributed by atoms with Crippen molar-refractivity contribution >= 4 is 27.5 Å². The van der Waals surface area contributed by atoms with Crippen LogP contribution in [0.5, 0.6) is 17.5 Å². The van der Waals surface area contributed by atoms with Crippen LogP contribution in [-0.4, -0.2) is 82.2 Å². The number of alkyl halides is 1.